The Bertz CT molecular complexity index is 418. The van der Waals surface area contributed by atoms with Crippen LogP contribution in [0, 0.1) is 5.92 Å². The molecule has 0 saturated carbocycles. The van der Waals surface area contributed by atoms with E-state index in [1.54, 1.807) is 6.08 Å². The predicted molar refractivity (Wildman–Crippen MR) is 73.9 cm³/mol. The molecule has 0 spiro atoms. The zero-order chi connectivity index (χ0) is 13.6. The minimum absolute atomic E-state index is 0.165. The van der Waals surface area contributed by atoms with E-state index in [0.717, 1.165) is 12.1 Å². The molecular weight excluding hydrogens is 250 g/mol. The number of nitrogens with one attached hydrogen (secondary N) is 1. The van der Waals surface area contributed by atoms with E-state index in [0.29, 0.717) is 24.7 Å². The van der Waals surface area contributed by atoms with Crippen LogP contribution in [0.5, 0.6) is 0 Å². The van der Waals surface area contributed by atoms with Crippen molar-refractivity contribution in [3.05, 3.63) is 22.8 Å². The van der Waals surface area contributed by atoms with Crippen LogP contribution in [0.4, 0.5) is 0 Å². The average Bonchev–Trinajstić information content (AvgIpc) is 2.84. The summed E-state index contributed by atoms with van der Waals surface area (Å²) in [5.41, 5.74) is 1.00. The van der Waals surface area contributed by atoms with Gasteiger partial charge in [0, 0.05) is 12.3 Å². The van der Waals surface area contributed by atoms with Gasteiger partial charge in [0.25, 0.3) is 0 Å². The summed E-state index contributed by atoms with van der Waals surface area (Å²) in [6, 6.07) is 0. The van der Waals surface area contributed by atoms with E-state index in [2.05, 4.69) is 5.32 Å². The van der Waals surface area contributed by atoms with Gasteiger partial charge in [-0.25, -0.2) is 8.42 Å². The second-order valence-electron chi connectivity index (χ2n) is 4.35. The summed E-state index contributed by atoms with van der Waals surface area (Å²) in [6.45, 7) is 7.61. The van der Waals surface area contributed by atoms with Crippen molar-refractivity contribution >= 4 is 9.84 Å². The lowest BCUT2D eigenvalue weighted by Crippen LogP contribution is -2.26. The molecule has 0 radical (unpaired) electrons. The molecule has 4 nitrogen and oxygen atoms in total. The lowest BCUT2D eigenvalue weighted by Gasteiger charge is -2.16. The minimum atomic E-state index is -3.12. The van der Waals surface area contributed by atoms with E-state index in [1.807, 2.05) is 26.8 Å². The minimum Gasteiger partial charge on any atom is -0.384 e. The van der Waals surface area contributed by atoms with Gasteiger partial charge in [0.1, 0.15) is 0 Å². The molecule has 0 bridgehead atoms. The molecule has 0 amide bonds. The smallest absolute Gasteiger partial charge is 0.176 e. The van der Waals surface area contributed by atoms with Gasteiger partial charge in [0.2, 0.25) is 0 Å². The van der Waals surface area contributed by atoms with Crippen LogP contribution in [0.3, 0.4) is 0 Å². The SMILES string of the molecule is CC.CC1=CC=C(S(=O)(=O)CC2CCOC2)CN1. The Morgan fingerprint density at radius 2 is 2.11 bits per heavy atom. The van der Waals surface area contributed by atoms with E-state index >= 15 is 0 Å². The first-order valence-electron chi connectivity index (χ1n) is 6.50. The number of hydrogen-bond acceptors (Lipinski definition) is 4. The van der Waals surface area contributed by atoms with Crippen LogP contribution in [-0.2, 0) is 14.6 Å². The highest BCUT2D eigenvalue weighted by Crippen LogP contribution is 2.20. The number of rotatable bonds is 3. The topological polar surface area (TPSA) is 55.4 Å². The van der Waals surface area contributed by atoms with Crippen molar-refractivity contribution in [3.63, 3.8) is 0 Å². The average molecular weight is 273 g/mol. The molecule has 1 unspecified atom stereocenters. The van der Waals surface area contributed by atoms with Crippen molar-refractivity contribution in [2.75, 3.05) is 25.5 Å². The number of allylic oxidation sites excluding steroid dienone is 3. The molecule has 5 heteroatoms. The summed E-state index contributed by atoms with van der Waals surface area (Å²) in [4.78, 5) is 0.491. The number of sulfone groups is 1. The summed E-state index contributed by atoms with van der Waals surface area (Å²) in [5.74, 6) is 0.380. The normalized spacial score (nSPS) is 23.4. The molecule has 2 heterocycles. The lowest BCUT2D eigenvalue weighted by atomic mass is 10.2. The Hall–Kier alpha value is -0.810. The number of hydrogen-bond donors (Lipinski definition) is 1. The van der Waals surface area contributed by atoms with Gasteiger partial charge in [-0.05, 0) is 31.4 Å². The van der Waals surface area contributed by atoms with Crippen molar-refractivity contribution < 1.29 is 13.2 Å². The molecule has 1 fully saturated rings. The third-order valence-electron chi connectivity index (χ3n) is 2.94. The fourth-order valence-corrected chi connectivity index (χ4v) is 3.57. The van der Waals surface area contributed by atoms with E-state index in [9.17, 15) is 8.42 Å². The zero-order valence-electron chi connectivity index (χ0n) is 11.4. The molecule has 0 aromatic heterocycles. The van der Waals surface area contributed by atoms with E-state index < -0.39 is 9.84 Å². The largest absolute Gasteiger partial charge is 0.384 e. The molecule has 1 atom stereocenters. The van der Waals surface area contributed by atoms with E-state index in [-0.39, 0.29) is 11.7 Å². The van der Waals surface area contributed by atoms with Crippen LogP contribution < -0.4 is 5.32 Å². The molecule has 0 aliphatic carbocycles. The molecule has 1 saturated heterocycles. The molecule has 1 N–H and O–H groups in total. The van der Waals surface area contributed by atoms with Gasteiger partial charge < -0.3 is 10.1 Å². The summed E-state index contributed by atoms with van der Waals surface area (Å²) >= 11 is 0. The highest BCUT2D eigenvalue weighted by Gasteiger charge is 2.26. The Morgan fingerprint density at radius 1 is 1.39 bits per heavy atom. The summed E-state index contributed by atoms with van der Waals surface area (Å²) in [5, 5.41) is 3.05. The predicted octanol–water partition coefficient (Wildman–Crippen LogP) is 1.85. The molecule has 0 aromatic carbocycles. The standard InChI is InChI=1S/C11H17NO3S.C2H6/c1-9-2-3-11(6-12-9)16(13,14)8-10-4-5-15-7-10;1-2/h2-3,10,12H,4-8H2,1H3;1-2H3. The van der Waals surface area contributed by atoms with Crippen molar-refractivity contribution in [1.82, 2.24) is 5.32 Å². The van der Waals surface area contributed by atoms with Gasteiger partial charge >= 0.3 is 0 Å². The fraction of sp³-hybridized carbons (Fsp3) is 0.692. The fourth-order valence-electron chi connectivity index (χ4n) is 1.91. The van der Waals surface area contributed by atoms with Crippen LogP contribution in [0.15, 0.2) is 22.8 Å². The van der Waals surface area contributed by atoms with Crippen LogP contribution >= 0.6 is 0 Å². The van der Waals surface area contributed by atoms with Gasteiger partial charge in [-0.1, -0.05) is 13.8 Å². The van der Waals surface area contributed by atoms with Crippen LogP contribution in [0.25, 0.3) is 0 Å². The van der Waals surface area contributed by atoms with Crippen molar-refractivity contribution in [2.24, 2.45) is 5.92 Å². The Labute approximate surface area is 110 Å². The van der Waals surface area contributed by atoms with Gasteiger partial charge in [0.05, 0.1) is 23.8 Å². The Morgan fingerprint density at radius 3 is 2.61 bits per heavy atom. The highest BCUT2D eigenvalue weighted by molar-refractivity contribution is 7.95. The molecule has 18 heavy (non-hydrogen) atoms. The first-order valence-corrected chi connectivity index (χ1v) is 8.15. The first kappa shape index (κ1) is 15.2. The first-order chi connectivity index (χ1) is 8.58. The molecule has 104 valence electrons. The monoisotopic (exact) mass is 273 g/mol. The maximum Gasteiger partial charge on any atom is 0.176 e. The van der Waals surface area contributed by atoms with E-state index in [1.165, 1.54) is 0 Å². The molecule has 2 aliphatic rings. The second kappa shape index (κ2) is 6.95. The summed E-state index contributed by atoms with van der Waals surface area (Å²) in [6.07, 6.45) is 4.37. The van der Waals surface area contributed by atoms with Crippen molar-refractivity contribution in [1.29, 1.82) is 0 Å². The molecule has 2 rings (SSSR count). The van der Waals surface area contributed by atoms with Gasteiger partial charge in [0.15, 0.2) is 9.84 Å². The number of dihydropyridines is 1. The molecule has 2 aliphatic heterocycles. The lowest BCUT2D eigenvalue weighted by molar-refractivity contribution is 0.188. The Kier molecular flexibility index (Phi) is 5.88. The second-order valence-corrected chi connectivity index (χ2v) is 6.43. The maximum absolute atomic E-state index is 12.1. The van der Waals surface area contributed by atoms with E-state index in [4.69, 9.17) is 4.74 Å². The summed E-state index contributed by atoms with van der Waals surface area (Å²) in [7, 11) is -3.12. The van der Waals surface area contributed by atoms with Gasteiger partial charge in [-0.15, -0.1) is 0 Å². The van der Waals surface area contributed by atoms with Crippen LogP contribution in [-0.4, -0.2) is 33.9 Å². The van der Waals surface area contributed by atoms with Crippen LogP contribution in [0.1, 0.15) is 27.2 Å². The van der Waals surface area contributed by atoms with Crippen molar-refractivity contribution in [2.45, 2.75) is 27.2 Å². The zero-order valence-corrected chi connectivity index (χ0v) is 12.2. The molecular formula is C13H23NO3S. The maximum atomic E-state index is 12.1. The van der Waals surface area contributed by atoms with Crippen molar-refractivity contribution in [3.8, 4) is 0 Å². The number of ether oxygens (including phenoxy) is 1. The molecule has 0 aromatic rings. The highest BCUT2D eigenvalue weighted by atomic mass is 32.2. The van der Waals surface area contributed by atoms with Gasteiger partial charge in [-0.2, -0.15) is 0 Å². The Balaban J connectivity index is 0.000000771. The van der Waals surface area contributed by atoms with Gasteiger partial charge in [-0.3, -0.25) is 0 Å². The third kappa shape index (κ3) is 4.14. The van der Waals surface area contributed by atoms with Crippen LogP contribution in [0.2, 0.25) is 0 Å². The summed E-state index contributed by atoms with van der Waals surface area (Å²) < 4.78 is 29.3. The quantitative estimate of drug-likeness (QED) is 0.852. The third-order valence-corrected chi connectivity index (χ3v) is 4.93.